The van der Waals surface area contributed by atoms with Crippen molar-refractivity contribution in [1.82, 2.24) is 0 Å². The predicted octanol–water partition coefficient (Wildman–Crippen LogP) is 0.421. The van der Waals surface area contributed by atoms with Gasteiger partial charge < -0.3 is 9.90 Å². The van der Waals surface area contributed by atoms with Crippen molar-refractivity contribution in [3.63, 3.8) is 0 Å². The summed E-state index contributed by atoms with van der Waals surface area (Å²) in [6, 6.07) is 0. The van der Waals surface area contributed by atoms with Gasteiger partial charge in [-0.1, -0.05) is 6.58 Å². The first kappa shape index (κ1) is 10.6. The molecule has 0 heterocycles. The minimum atomic E-state index is -1.28. The van der Waals surface area contributed by atoms with Crippen molar-refractivity contribution in [2.24, 2.45) is 5.92 Å². The molecule has 4 nitrogen and oxygen atoms in total. The predicted molar refractivity (Wildman–Crippen MR) is 41.6 cm³/mol. The van der Waals surface area contributed by atoms with Crippen LogP contribution in [0.25, 0.3) is 0 Å². The number of hydrogen-bond donors (Lipinski definition) is 1. The first-order chi connectivity index (χ1) is 5.50. The standard InChI is InChI=1S/C8H10O4/c1-5(2)7(10)6(3-4-9)8(11)12/h4,6H,1,3H2,2H3,(H,11,12). The highest BCUT2D eigenvalue weighted by Gasteiger charge is 2.25. The lowest BCUT2D eigenvalue weighted by atomic mass is 9.97. The van der Waals surface area contributed by atoms with Crippen molar-refractivity contribution in [2.45, 2.75) is 13.3 Å². The summed E-state index contributed by atoms with van der Waals surface area (Å²) in [5.74, 6) is -3.13. The number of rotatable bonds is 5. The topological polar surface area (TPSA) is 71.4 Å². The van der Waals surface area contributed by atoms with Crippen LogP contribution in [0.1, 0.15) is 13.3 Å². The molecule has 66 valence electrons. The second-order valence-electron chi connectivity index (χ2n) is 2.44. The summed E-state index contributed by atoms with van der Waals surface area (Å²) in [6.45, 7) is 4.73. The number of Topliss-reactive ketones (excluding diaryl/α,β-unsaturated/α-hetero) is 1. The first-order valence-corrected chi connectivity index (χ1v) is 3.36. The van der Waals surface area contributed by atoms with Crippen LogP contribution in [0.4, 0.5) is 0 Å². The lowest BCUT2D eigenvalue weighted by Gasteiger charge is -2.06. The molecule has 0 aliphatic rings. The van der Waals surface area contributed by atoms with E-state index in [-0.39, 0.29) is 12.0 Å². The molecule has 1 unspecified atom stereocenters. The van der Waals surface area contributed by atoms with Crippen LogP contribution >= 0.6 is 0 Å². The Labute approximate surface area is 69.9 Å². The van der Waals surface area contributed by atoms with Gasteiger partial charge in [-0.15, -0.1) is 0 Å². The molecule has 0 bridgehead atoms. The molecular weight excluding hydrogens is 160 g/mol. The van der Waals surface area contributed by atoms with Crippen molar-refractivity contribution in [2.75, 3.05) is 0 Å². The van der Waals surface area contributed by atoms with E-state index in [9.17, 15) is 14.4 Å². The summed E-state index contributed by atoms with van der Waals surface area (Å²) in [4.78, 5) is 31.5. The van der Waals surface area contributed by atoms with Crippen LogP contribution in [0, 0.1) is 5.92 Å². The number of carboxylic acid groups (broad SMARTS) is 1. The number of aliphatic carboxylic acids is 1. The molecule has 1 atom stereocenters. The van der Waals surface area contributed by atoms with E-state index >= 15 is 0 Å². The van der Waals surface area contributed by atoms with E-state index in [0.717, 1.165) is 0 Å². The highest BCUT2D eigenvalue weighted by Crippen LogP contribution is 2.08. The van der Waals surface area contributed by atoms with Gasteiger partial charge in [0.2, 0.25) is 0 Å². The molecule has 0 aliphatic heterocycles. The summed E-state index contributed by atoms with van der Waals surface area (Å²) >= 11 is 0. The van der Waals surface area contributed by atoms with Crippen molar-refractivity contribution in [3.8, 4) is 0 Å². The van der Waals surface area contributed by atoms with Gasteiger partial charge in [-0.05, 0) is 12.5 Å². The number of ketones is 1. The maximum Gasteiger partial charge on any atom is 0.314 e. The third-order valence-electron chi connectivity index (χ3n) is 1.37. The Hall–Kier alpha value is -1.45. The highest BCUT2D eigenvalue weighted by atomic mass is 16.4. The molecule has 0 aliphatic carbocycles. The molecule has 4 heteroatoms. The Balaban J connectivity index is 4.50. The molecule has 0 aromatic carbocycles. The zero-order valence-electron chi connectivity index (χ0n) is 6.74. The van der Waals surface area contributed by atoms with E-state index < -0.39 is 17.7 Å². The summed E-state index contributed by atoms with van der Waals surface area (Å²) in [5.41, 5.74) is 0.157. The zero-order chi connectivity index (χ0) is 9.72. The molecular formula is C8H10O4. The Bertz CT molecular complexity index is 229. The minimum Gasteiger partial charge on any atom is -0.481 e. The van der Waals surface area contributed by atoms with Crippen LogP contribution in [0.3, 0.4) is 0 Å². The molecule has 0 spiro atoms. The van der Waals surface area contributed by atoms with E-state index in [1.807, 2.05) is 0 Å². The summed E-state index contributed by atoms with van der Waals surface area (Å²) in [5, 5.41) is 8.50. The summed E-state index contributed by atoms with van der Waals surface area (Å²) < 4.78 is 0. The van der Waals surface area contributed by atoms with E-state index in [2.05, 4.69) is 6.58 Å². The Kier molecular flexibility index (Phi) is 3.90. The van der Waals surface area contributed by atoms with E-state index in [1.54, 1.807) is 0 Å². The van der Waals surface area contributed by atoms with Crippen molar-refractivity contribution < 1.29 is 19.5 Å². The van der Waals surface area contributed by atoms with Crippen LogP contribution in [0.15, 0.2) is 12.2 Å². The smallest absolute Gasteiger partial charge is 0.314 e. The molecule has 1 N–H and O–H groups in total. The Morgan fingerprint density at radius 3 is 2.33 bits per heavy atom. The van der Waals surface area contributed by atoms with Crippen molar-refractivity contribution in [3.05, 3.63) is 12.2 Å². The van der Waals surface area contributed by atoms with Crippen molar-refractivity contribution >= 4 is 18.0 Å². The number of hydrogen-bond acceptors (Lipinski definition) is 3. The quantitative estimate of drug-likeness (QED) is 0.368. The van der Waals surface area contributed by atoms with Gasteiger partial charge >= 0.3 is 5.97 Å². The van der Waals surface area contributed by atoms with Gasteiger partial charge in [0.1, 0.15) is 12.2 Å². The second kappa shape index (κ2) is 4.43. The van der Waals surface area contributed by atoms with Gasteiger partial charge in [0.25, 0.3) is 0 Å². The molecule has 0 fully saturated rings. The zero-order valence-corrected chi connectivity index (χ0v) is 6.74. The Morgan fingerprint density at radius 2 is 2.08 bits per heavy atom. The average Bonchev–Trinajstić information content (AvgIpc) is 1.98. The van der Waals surface area contributed by atoms with E-state index in [1.165, 1.54) is 6.92 Å². The number of carbonyl (C=O) groups is 3. The minimum absolute atomic E-state index is 0.157. The van der Waals surface area contributed by atoms with Crippen LogP contribution in [0.2, 0.25) is 0 Å². The third kappa shape index (κ3) is 2.65. The fraction of sp³-hybridized carbons (Fsp3) is 0.375. The van der Waals surface area contributed by atoms with Gasteiger partial charge in [-0.2, -0.15) is 0 Å². The van der Waals surface area contributed by atoms with Gasteiger partial charge in [-0.25, -0.2) is 0 Å². The fourth-order valence-corrected chi connectivity index (χ4v) is 0.714. The van der Waals surface area contributed by atoms with Gasteiger partial charge in [-0.3, -0.25) is 9.59 Å². The lowest BCUT2D eigenvalue weighted by molar-refractivity contribution is -0.146. The molecule has 0 aromatic heterocycles. The normalized spacial score (nSPS) is 11.8. The second-order valence-corrected chi connectivity index (χ2v) is 2.44. The molecule has 12 heavy (non-hydrogen) atoms. The SMILES string of the molecule is C=C(C)C(=O)C(CC=O)C(=O)O. The summed E-state index contributed by atoms with van der Waals surface area (Å²) in [6.07, 6.45) is 0.126. The summed E-state index contributed by atoms with van der Waals surface area (Å²) in [7, 11) is 0. The average molecular weight is 170 g/mol. The van der Waals surface area contributed by atoms with Crippen molar-refractivity contribution in [1.29, 1.82) is 0 Å². The van der Waals surface area contributed by atoms with Crippen LogP contribution < -0.4 is 0 Å². The molecule has 0 rings (SSSR count). The monoisotopic (exact) mass is 170 g/mol. The lowest BCUT2D eigenvalue weighted by Crippen LogP contribution is -2.24. The van der Waals surface area contributed by atoms with Crippen LogP contribution in [-0.4, -0.2) is 23.1 Å². The highest BCUT2D eigenvalue weighted by molar-refractivity contribution is 6.08. The number of allylic oxidation sites excluding steroid dienone is 1. The molecule has 0 amide bonds. The first-order valence-electron chi connectivity index (χ1n) is 3.36. The third-order valence-corrected chi connectivity index (χ3v) is 1.37. The Morgan fingerprint density at radius 1 is 1.58 bits per heavy atom. The van der Waals surface area contributed by atoms with Crippen LogP contribution in [-0.2, 0) is 14.4 Å². The maximum atomic E-state index is 11.0. The van der Waals surface area contributed by atoms with Gasteiger partial charge in [0.15, 0.2) is 5.78 Å². The fourth-order valence-electron chi connectivity index (χ4n) is 0.714. The number of aldehydes is 1. The van der Waals surface area contributed by atoms with E-state index in [4.69, 9.17) is 5.11 Å². The van der Waals surface area contributed by atoms with Gasteiger partial charge in [0, 0.05) is 6.42 Å². The molecule has 0 saturated carbocycles. The molecule has 0 radical (unpaired) electrons. The van der Waals surface area contributed by atoms with Gasteiger partial charge in [0.05, 0.1) is 0 Å². The number of carbonyl (C=O) groups excluding carboxylic acids is 2. The largest absolute Gasteiger partial charge is 0.481 e. The molecule has 0 saturated heterocycles. The van der Waals surface area contributed by atoms with Crippen LogP contribution in [0.5, 0.6) is 0 Å². The molecule has 0 aromatic rings. The number of carboxylic acids is 1. The maximum absolute atomic E-state index is 11.0. The van der Waals surface area contributed by atoms with E-state index in [0.29, 0.717) is 6.29 Å².